The van der Waals surface area contributed by atoms with Crippen molar-refractivity contribution in [2.24, 2.45) is 0 Å². The van der Waals surface area contributed by atoms with Gasteiger partial charge >= 0.3 is 0 Å². The molecular formula is C17H18ClNO4S. The molecule has 128 valence electrons. The minimum Gasteiger partial charge on any atom is -0.489 e. The molecule has 0 aliphatic carbocycles. The minimum atomic E-state index is -3.48. The summed E-state index contributed by atoms with van der Waals surface area (Å²) in [4.78, 5) is 0.259. The first-order chi connectivity index (χ1) is 11.6. The molecule has 3 rings (SSSR count). The van der Waals surface area contributed by atoms with Crippen LogP contribution in [0.4, 0.5) is 0 Å². The molecule has 0 aromatic heterocycles. The normalized spacial score (nSPS) is 16.0. The van der Waals surface area contributed by atoms with Gasteiger partial charge in [0.25, 0.3) is 0 Å². The van der Waals surface area contributed by atoms with Gasteiger partial charge in [-0.2, -0.15) is 4.31 Å². The van der Waals surface area contributed by atoms with Gasteiger partial charge < -0.3 is 9.47 Å². The Labute approximate surface area is 146 Å². The molecule has 0 unspecified atom stereocenters. The monoisotopic (exact) mass is 367 g/mol. The second-order valence-electron chi connectivity index (χ2n) is 5.37. The van der Waals surface area contributed by atoms with Crippen molar-refractivity contribution in [2.45, 2.75) is 11.5 Å². The van der Waals surface area contributed by atoms with Crippen molar-refractivity contribution in [3.05, 3.63) is 59.1 Å². The number of hydrogen-bond acceptors (Lipinski definition) is 4. The van der Waals surface area contributed by atoms with E-state index in [0.717, 1.165) is 5.56 Å². The van der Waals surface area contributed by atoms with Crippen LogP contribution in [0.2, 0.25) is 5.02 Å². The zero-order valence-electron chi connectivity index (χ0n) is 13.0. The highest BCUT2D eigenvalue weighted by molar-refractivity contribution is 7.89. The van der Waals surface area contributed by atoms with Crippen LogP contribution >= 0.6 is 11.6 Å². The summed E-state index contributed by atoms with van der Waals surface area (Å²) in [5.41, 5.74) is 0.879. The Morgan fingerprint density at radius 1 is 1.04 bits per heavy atom. The van der Waals surface area contributed by atoms with Gasteiger partial charge in [-0.15, -0.1) is 0 Å². The van der Waals surface area contributed by atoms with Crippen LogP contribution in [0.1, 0.15) is 5.56 Å². The number of rotatable bonds is 5. The molecule has 1 aliphatic rings. The Bertz CT molecular complexity index is 786. The number of sulfonamides is 1. The molecule has 0 saturated carbocycles. The van der Waals surface area contributed by atoms with Crippen molar-refractivity contribution in [1.82, 2.24) is 4.31 Å². The smallest absolute Gasteiger partial charge is 0.243 e. The lowest BCUT2D eigenvalue weighted by molar-refractivity contribution is 0.0730. The fraction of sp³-hybridized carbons (Fsp3) is 0.294. The lowest BCUT2D eigenvalue weighted by atomic mass is 10.2. The number of halogens is 1. The molecule has 0 N–H and O–H groups in total. The van der Waals surface area contributed by atoms with Gasteiger partial charge in [-0.25, -0.2) is 8.42 Å². The van der Waals surface area contributed by atoms with Crippen molar-refractivity contribution in [1.29, 1.82) is 0 Å². The molecule has 1 fully saturated rings. The third kappa shape index (κ3) is 3.89. The topological polar surface area (TPSA) is 55.8 Å². The minimum absolute atomic E-state index is 0.259. The van der Waals surface area contributed by atoms with Gasteiger partial charge in [0.05, 0.1) is 18.1 Å². The molecule has 0 amide bonds. The van der Waals surface area contributed by atoms with E-state index in [1.807, 2.05) is 18.2 Å². The van der Waals surface area contributed by atoms with E-state index in [1.54, 1.807) is 30.3 Å². The number of nitrogens with zero attached hydrogens (tertiary/aromatic N) is 1. The Balaban J connectivity index is 1.68. The Kier molecular flexibility index (Phi) is 5.40. The summed E-state index contributed by atoms with van der Waals surface area (Å²) in [7, 11) is -3.48. The van der Waals surface area contributed by atoms with E-state index >= 15 is 0 Å². The third-order valence-corrected chi connectivity index (χ3v) is 6.07. The molecule has 1 aliphatic heterocycles. The summed E-state index contributed by atoms with van der Waals surface area (Å²) in [6.45, 7) is 1.95. The van der Waals surface area contributed by atoms with Crippen molar-refractivity contribution in [2.75, 3.05) is 26.3 Å². The van der Waals surface area contributed by atoms with Crippen LogP contribution in [-0.4, -0.2) is 39.0 Å². The van der Waals surface area contributed by atoms with Gasteiger partial charge in [0.2, 0.25) is 10.0 Å². The van der Waals surface area contributed by atoms with Crippen LogP contribution in [0.3, 0.4) is 0 Å². The maximum atomic E-state index is 12.5. The lowest BCUT2D eigenvalue weighted by Crippen LogP contribution is -2.40. The Morgan fingerprint density at radius 2 is 1.71 bits per heavy atom. The maximum Gasteiger partial charge on any atom is 0.243 e. The average molecular weight is 368 g/mol. The Morgan fingerprint density at radius 3 is 2.38 bits per heavy atom. The quantitative estimate of drug-likeness (QED) is 0.815. The molecule has 2 aromatic rings. The summed E-state index contributed by atoms with van der Waals surface area (Å²) in [6, 6.07) is 13.9. The molecular weight excluding hydrogens is 350 g/mol. The lowest BCUT2D eigenvalue weighted by Gasteiger charge is -2.26. The van der Waals surface area contributed by atoms with Crippen LogP contribution < -0.4 is 4.74 Å². The van der Waals surface area contributed by atoms with Crippen LogP contribution in [0.25, 0.3) is 0 Å². The largest absolute Gasteiger partial charge is 0.489 e. The number of hydrogen-bond donors (Lipinski definition) is 0. The molecule has 0 spiro atoms. The van der Waals surface area contributed by atoms with Crippen molar-refractivity contribution < 1.29 is 17.9 Å². The van der Waals surface area contributed by atoms with Crippen LogP contribution in [0.5, 0.6) is 5.75 Å². The van der Waals surface area contributed by atoms with Gasteiger partial charge in [-0.3, -0.25) is 0 Å². The molecule has 2 aromatic carbocycles. The number of benzene rings is 2. The zero-order valence-corrected chi connectivity index (χ0v) is 14.6. The summed E-state index contributed by atoms with van der Waals surface area (Å²) in [6.07, 6.45) is 0. The van der Waals surface area contributed by atoms with E-state index in [9.17, 15) is 8.42 Å². The van der Waals surface area contributed by atoms with Crippen LogP contribution in [-0.2, 0) is 21.4 Å². The van der Waals surface area contributed by atoms with Gasteiger partial charge in [0.1, 0.15) is 12.4 Å². The van der Waals surface area contributed by atoms with Crippen molar-refractivity contribution in [3.63, 3.8) is 0 Å². The van der Waals surface area contributed by atoms with Crippen LogP contribution in [0, 0.1) is 0 Å². The van der Waals surface area contributed by atoms with E-state index in [0.29, 0.717) is 43.7 Å². The first-order valence-electron chi connectivity index (χ1n) is 7.61. The molecule has 1 heterocycles. The fourth-order valence-corrected chi connectivity index (χ4v) is 4.02. The standard InChI is InChI=1S/C17H18ClNO4S/c18-17-4-2-1-3-14(17)13-23-15-5-7-16(8-6-15)24(20,21)19-9-11-22-12-10-19/h1-8H,9-13H2. The third-order valence-electron chi connectivity index (χ3n) is 3.78. The fourth-order valence-electron chi connectivity index (χ4n) is 2.42. The first-order valence-corrected chi connectivity index (χ1v) is 9.43. The molecule has 0 atom stereocenters. The van der Waals surface area contributed by atoms with Crippen LogP contribution in [0.15, 0.2) is 53.4 Å². The van der Waals surface area contributed by atoms with E-state index in [1.165, 1.54) is 4.31 Å². The highest BCUT2D eigenvalue weighted by atomic mass is 35.5. The highest BCUT2D eigenvalue weighted by Gasteiger charge is 2.26. The average Bonchev–Trinajstić information content (AvgIpc) is 2.62. The maximum absolute atomic E-state index is 12.5. The molecule has 0 radical (unpaired) electrons. The Hall–Kier alpha value is -1.60. The van der Waals surface area contributed by atoms with Gasteiger partial charge in [-0.1, -0.05) is 29.8 Å². The van der Waals surface area contributed by atoms with Gasteiger partial charge in [0.15, 0.2) is 0 Å². The van der Waals surface area contributed by atoms with E-state index in [-0.39, 0.29) is 4.90 Å². The van der Waals surface area contributed by atoms with Gasteiger partial charge in [0, 0.05) is 23.7 Å². The number of morpholine rings is 1. The van der Waals surface area contributed by atoms with Crippen molar-refractivity contribution in [3.8, 4) is 5.75 Å². The first kappa shape index (κ1) is 17.2. The molecule has 5 nitrogen and oxygen atoms in total. The SMILES string of the molecule is O=S(=O)(c1ccc(OCc2ccccc2Cl)cc1)N1CCOCC1. The predicted octanol–water partition coefficient (Wildman–Crippen LogP) is 2.94. The zero-order chi connectivity index (χ0) is 17.0. The van der Waals surface area contributed by atoms with E-state index in [2.05, 4.69) is 0 Å². The van der Waals surface area contributed by atoms with E-state index < -0.39 is 10.0 Å². The van der Waals surface area contributed by atoms with E-state index in [4.69, 9.17) is 21.1 Å². The molecule has 1 saturated heterocycles. The molecule has 0 bridgehead atoms. The summed E-state index contributed by atoms with van der Waals surface area (Å²) in [5.74, 6) is 0.593. The van der Waals surface area contributed by atoms with Crippen molar-refractivity contribution >= 4 is 21.6 Å². The number of ether oxygens (including phenoxy) is 2. The second kappa shape index (κ2) is 7.53. The predicted molar refractivity (Wildman–Crippen MR) is 91.8 cm³/mol. The molecule has 24 heavy (non-hydrogen) atoms. The highest BCUT2D eigenvalue weighted by Crippen LogP contribution is 2.22. The second-order valence-corrected chi connectivity index (χ2v) is 7.71. The van der Waals surface area contributed by atoms with Gasteiger partial charge in [-0.05, 0) is 30.3 Å². The molecule has 7 heteroatoms. The summed E-state index contributed by atoms with van der Waals surface area (Å²) in [5, 5.41) is 0.643. The summed E-state index contributed by atoms with van der Waals surface area (Å²) >= 11 is 6.09. The summed E-state index contributed by atoms with van der Waals surface area (Å²) < 4.78 is 37.4.